The van der Waals surface area contributed by atoms with Crippen molar-refractivity contribution in [1.82, 2.24) is 9.88 Å². The van der Waals surface area contributed by atoms with Gasteiger partial charge in [0.15, 0.2) is 0 Å². The highest BCUT2D eigenvalue weighted by molar-refractivity contribution is 5.92. The third kappa shape index (κ3) is 3.74. The number of hydrogen-bond donors (Lipinski definition) is 0. The Morgan fingerprint density at radius 3 is 2.70 bits per heavy atom. The number of aromatic nitrogens is 1. The Hall–Kier alpha value is -3.13. The van der Waals surface area contributed by atoms with Gasteiger partial charge in [-0.3, -0.25) is 4.79 Å². The number of carbonyl (C=O) groups excluding carboxylic acids is 1. The van der Waals surface area contributed by atoms with Gasteiger partial charge in [-0.2, -0.15) is 5.26 Å². The molecule has 1 aromatic heterocycles. The van der Waals surface area contributed by atoms with E-state index in [9.17, 15) is 4.79 Å². The van der Waals surface area contributed by atoms with E-state index in [4.69, 9.17) is 10.00 Å². The second kappa shape index (κ2) is 6.75. The number of hydrogen-bond acceptors (Lipinski definition) is 4. The molecular weight excluding hydrogens is 290 g/mol. The maximum Gasteiger partial charge on any atom is 0.246 e. The summed E-state index contributed by atoms with van der Waals surface area (Å²) in [5.74, 6) is 0.447. The van der Waals surface area contributed by atoms with E-state index in [0.29, 0.717) is 24.5 Å². The van der Waals surface area contributed by atoms with Gasteiger partial charge in [0.25, 0.3) is 0 Å². The predicted molar refractivity (Wildman–Crippen MR) is 85.4 cm³/mol. The second-order valence-electron chi connectivity index (χ2n) is 5.22. The molecule has 1 aliphatic rings. The van der Waals surface area contributed by atoms with Gasteiger partial charge >= 0.3 is 0 Å². The number of amides is 1. The first-order valence-electron chi connectivity index (χ1n) is 7.29. The van der Waals surface area contributed by atoms with E-state index in [2.05, 4.69) is 4.98 Å². The maximum atomic E-state index is 12.0. The van der Waals surface area contributed by atoms with Gasteiger partial charge in [-0.1, -0.05) is 30.3 Å². The molecule has 1 aliphatic heterocycles. The molecule has 0 aliphatic carbocycles. The Bertz CT molecular complexity index is 742. The Morgan fingerprint density at radius 2 is 2.04 bits per heavy atom. The van der Waals surface area contributed by atoms with Crippen molar-refractivity contribution in [3.63, 3.8) is 0 Å². The van der Waals surface area contributed by atoms with Crippen LogP contribution in [0, 0.1) is 11.3 Å². The molecule has 1 amide bonds. The van der Waals surface area contributed by atoms with Crippen LogP contribution in [0.2, 0.25) is 0 Å². The number of carbonyl (C=O) groups is 1. The first-order chi connectivity index (χ1) is 11.2. The highest BCUT2D eigenvalue weighted by atomic mass is 16.5. The minimum atomic E-state index is -0.0514. The Balaban J connectivity index is 1.47. The highest BCUT2D eigenvalue weighted by Crippen LogP contribution is 2.17. The number of pyridine rings is 1. The largest absolute Gasteiger partial charge is 0.471 e. The smallest absolute Gasteiger partial charge is 0.246 e. The van der Waals surface area contributed by atoms with Crippen molar-refractivity contribution in [1.29, 1.82) is 5.26 Å². The van der Waals surface area contributed by atoms with Crippen LogP contribution in [-0.4, -0.2) is 35.0 Å². The van der Waals surface area contributed by atoms with Crippen molar-refractivity contribution in [3.05, 3.63) is 65.9 Å². The molecule has 5 heteroatoms. The summed E-state index contributed by atoms with van der Waals surface area (Å²) in [5.41, 5.74) is 1.49. The van der Waals surface area contributed by atoms with Crippen LogP contribution in [0.4, 0.5) is 0 Å². The van der Waals surface area contributed by atoms with Gasteiger partial charge in [0.2, 0.25) is 11.8 Å². The molecule has 5 nitrogen and oxygen atoms in total. The van der Waals surface area contributed by atoms with Crippen LogP contribution in [0.25, 0.3) is 6.08 Å². The average molecular weight is 305 g/mol. The Kier molecular flexibility index (Phi) is 4.34. The molecule has 1 saturated heterocycles. The number of nitrogens with zero attached hydrogens (tertiary/aromatic N) is 3. The standard InChI is InChI=1S/C18H15N3O2/c19-10-15-6-8-17(20-11-15)23-16-12-21(13-16)18(22)9-7-14-4-2-1-3-5-14/h1-9,11,16H,12-13H2/b9-7+. The molecule has 1 aromatic carbocycles. The maximum absolute atomic E-state index is 12.0. The summed E-state index contributed by atoms with van der Waals surface area (Å²) in [4.78, 5) is 17.8. The number of rotatable bonds is 4. The highest BCUT2D eigenvalue weighted by Gasteiger charge is 2.31. The zero-order valence-electron chi connectivity index (χ0n) is 12.4. The van der Waals surface area contributed by atoms with Crippen LogP contribution in [0.5, 0.6) is 5.88 Å². The van der Waals surface area contributed by atoms with Gasteiger partial charge in [-0.25, -0.2) is 4.98 Å². The Morgan fingerprint density at radius 1 is 1.26 bits per heavy atom. The van der Waals surface area contributed by atoms with Crippen molar-refractivity contribution < 1.29 is 9.53 Å². The summed E-state index contributed by atoms with van der Waals surface area (Å²) in [6, 6.07) is 15.0. The molecule has 2 heterocycles. The predicted octanol–water partition coefficient (Wildman–Crippen LogP) is 2.26. The number of ether oxygens (including phenoxy) is 1. The lowest BCUT2D eigenvalue weighted by molar-refractivity contribution is -0.134. The average Bonchev–Trinajstić information content (AvgIpc) is 2.57. The molecule has 0 radical (unpaired) electrons. The number of nitriles is 1. The van der Waals surface area contributed by atoms with Gasteiger partial charge in [-0.15, -0.1) is 0 Å². The van der Waals surface area contributed by atoms with Crippen LogP contribution in [0.1, 0.15) is 11.1 Å². The molecule has 0 unspecified atom stereocenters. The van der Waals surface area contributed by atoms with E-state index in [1.807, 2.05) is 36.4 Å². The van der Waals surface area contributed by atoms with E-state index in [1.54, 1.807) is 29.2 Å². The molecule has 2 aromatic rings. The molecule has 0 saturated carbocycles. The normalized spacial score (nSPS) is 14.3. The van der Waals surface area contributed by atoms with Crippen LogP contribution < -0.4 is 4.74 Å². The van der Waals surface area contributed by atoms with Crippen molar-refractivity contribution in [3.8, 4) is 11.9 Å². The van der Waals surface area contributed by atoms with Gasteiger partial charge < -0.3 is 9.64 Å². The minimum absolute atomic E-state index is 0.0264. The van der Waals surface area contributed by atoms with Crippen LogP contribution in [0.15, 0.2) is 54.7 Å². The van der Waals surface area contributed by atoms with E-state index < -0.39 is 0 Å². The first kappa shape index (κ1) is 14.8. The summed E-state index contributed by atoms with van der Waals surface area (Å²) in [6.45, 7) is 1.08. The summed E-state index contributed by atoms with van der Waals surface area (Å²) in [6.07, 6.45) is 4.80. The Labute approximate surface area is 134 Å². The summed E-state index contributed by atoms with van der Waals surface area (Å²) >= 11 is 0. The quantitative estimate of drug-likeness (QED) is 0.813. The summed E-state index contributed by atoms with van der Waals surface area (Å²) < 4.78 is 5.65. The molecule has 0 bridgehead atoms. The van der Waals surface area contributed by atoms with Gasteiger partial charge in [0.1, 0.15) is 12.2 Å². The van der Waals surface area contributed by atoms with Crippen molar-refractivity contribution in [2.24, 2.45) is 0 Å². The minimum Gasteiger partial charge on any atom is -0.471 e. The SMILES string of the molecule is N#Cc1ccc(OC2CN(C(=O)/C=C/c3ccccc3)C2)nc1. The fourth-order valence-electron chi connectivity index (χ4n) is 2.22. The molecule has 0 atom stereocenters. The van der Waals surface area contributed by atoms with Crippen LogP contribution in [-0.2, 0) is 4.79 Å². The summed E-state index contributed by atoms with van der Waals surface area (Å²) in [7, 11) is 0. The molecule has 23 heavy (non-hydrogen) atoms. The third-order valence-corrected chi connectivity index (χ3v) is 3.53. The fourth-order valence-corrected chi connectivity index (χ4v) is 2.22. The molecular formula is C18H15N3O2. The van der Waals surface area contributed by atoms with Gasteiger partial charge in [0.05, 0.1) is 18.7 Å². The van der Waals surface area contributed by atoms with Crippen molar-refractivity contribution >= 4 is 12.0 Å². The van der Waals surface area contributed by atoms with Crippen LogP contribution >= 0.6 is 0 Å². The summed E-state index contributed by atoms with van der Waals surface area (Å²) in [5, 5.41) is 8.71. The lowest BCUT2D eigenvalue weighted by atomic mass is 10.1. The lowest BCUT2D eigenvalue weighted by Crippen LogP contribution is -2.55. The van der Waals surface area contributed by atoms with Crippen molar-refractivity contribution in [2.45, 2.75) is 6.10 Å². The monoisotopic (exact) mass is 305 g/mol. The molecule has 1 fully saturated rings. The van der Waals surface area contributed by atoms with Crippen LogP contribution in [0.3, 0.4) is 0 Å². The van der Waals surface area contributed by atoms with Gasteiger partial charge in [0, 0.05) is 18.3 Å². The molecule has 0 N–H and O–H groups in total. The first-order valence-corrected chi connectivity index (χ1v) is 7.29. The lowest BCUT2D eigenvalue weighted by Gasteiger charge is -2.38. The van der Waals surface area contributed by atoms with E-state index >= 15 is 0 Å². The van der Waals surface area contributed by atoms with E-state index in [-0.39, 0.29) is 12.0 Å². The van der Waals surface area contributed by atoms with E-state index in [1.165, 1.54) is 6.20 Å². The van der Waals surface area contributed by atoms with Gasteiger partial charge in [-0.05, 0) is 17.7 Å². The molecule has 0 spiro atoms. The third-order valence-electron chi connectivity index (χ3n) is 3.53. The number of likely N-dealkylation sites (tertiary alicyclic amines) is 1. The molecule has 3 rings (SSSR count). The fraction of sp³-hybridized carbons (Fsp3) is 0.167. The zero-order valence-corrected chi connectivity index (χ0v) is 12.4. The van der Waals surface area contributed by atoms with E-state index in [0.717, 1.165) is 5.56 Å². The topological polar surface area (TPSA) is 66.2 Å². The molecule has 114 valence electrons. The zero-order chi connectivity index (χ0) is 16.1. The number of benzene rings is 1. The van der Waals surface area contributed by atoms with Crippen molar-refractivity contribution in [2.75, 3.05) is 13.1 Å². The second-order valence-corrected chi connectivity index (χ2v) is 5.22.